The summed E-state index contributed by atoms with van der Waals surface area (Å²) in [6, 6.07) is 11.6. The molecule has 3 aromatic rings. The summed E-state index contributed by atoms with van der Waals surface area (Å²) in [7, 11) is 0. The Morgan fingerprint density at radius 2 is 1.80 bits per heavy atom. The predicted octanol–water partition coefficient (Wildman–Crippen LogP) is 5.11. The Balaban J connectivity index is 1.54. The number of nitrogens with one attached hydrogen (secondary N) is 2. The molecule has 2 saturated heterocycles. The maximum Gasteiger partial charge on any atom is 0.351 e. The van der Waals surface area contributed by atoms with E-state index in [0.29, 0.717) is 27.5 Å². The number of anilines is 1. The molecule has 3 amide bonds. The lowest BCUT2D eigenvalue weighted by atomic mass is 9.85. The van der Waals surface area contributed by atoms with Gasteiger partial charge in [-0.25, -0.2) is 29.8 Å². The smallest absolute Gasteiger partial charge is 0.351 e. The highest BCUT2D eigenvalue weighted by atomic mass is 35.5. The van der Waals surface area contributed by atoms with Gasteiger partial charge in [0.05, 0.1) is 17.9 Å². The van der Waals surface area contributed by atoms with Crippen molar-refractivity contribution in [2.75, 3.05) is 18.2 Å². The van der Waals surface area contributed by atoms with Crippen LogP contribution < -0.4 is 15.8 Å². The SMILES string of the molecule is CC(C)(c1nc(-c2ccccc2)c(C(=O)OC2C(=O)OCC2(C)C)s1)c1c(Cl)cc(N2NCC(=O)NC2=O)cc1Cl. The van der Waals surface area contributed by atoms with Gasteiger partial charge in [0.25, 0.3) is 0 Å². The lowest BCUT2D eigenvalue weighted by Gasteiger charge is -2.30. The van der Waals surface area contributed by atoms with Gasteiger partial charge >= 0.3 is 18.0 Å². The van der Waals surface area contributed by atoms with Gasteiger partial charge in [-0.15, -0.1) is 11.3 Å². The molecule has 1 atom stereocenters. The molecule has 0 aliphatic carbocycles. The number of nitrogens with zero attached hydrogens (tertiary/aromatic N) is 2. The number of hydrogen-bond acceptors (Lipinski definition) is 9. The van der Waals surface area contributed by atoms with Crippen molar-refractivity contribution in [3.63, 3.8) is 0 Å². The Labute approximate surface area is 249 Å². The summed E-state index contributed by atoms with van der Waals surface area (Å²) in [5.41, 5.74) is 3.08. The largest absolute Gasteiger partial charge is 0.462 e. The summed E-state index contributed by atoms with van der Waals surface area (Å²) in [4.78, 5) is 54.8. The number of hydrazine groups is 1. The van der Waals surface area contributed by atoms with Gasteiger partial charge in [-0.3, -0.25) is 10.1 Å². The Morgan fingerprint density at radius 1 is 1.15 bits per heavy atom. The Morgan fingerprint density at radius 3 is 2.39 bits per heavy atom. The number of hydrogen-bond donors (Lipinski definition) is 2. The number of benzene rings is 2. The minimum Gasteiger partial charge on any atom is -0.462 e. The number of aromatic nitrogens is 1. The van der Waals surface area contributed by atoms with E-state index in [1.165, 1.54) is 0 Å². The van der Waals surface area contributed by atoms with E-state index in [4.69, 9.17) is 37.7 Å². The third-order valence-electron chi connectivity index (χ3n) is 6.89. The maximum absolute atomic E-state index is 13.5. The van der Waals surface area contributed by atoms with Crippen molar-refractivity contribution in [3.8, 4) is 11.3 Å². The second-order valence-electron chi connectivity index (χ2n) is 10.9. The third kappa shape index (κ3) is 5.42. The molecule has 2 fully saturated rings. The molecule has 13 heteroatoms. The first-order valence-electron chi connectivity index (χ1n) is 12.6. The van der Waals surface area contributed by atoms with Crippen molar-refractivity contribution in [1.29, 1.82) is 0 Å². The van der Waals surface area contributed by atoms with E-state index in [1.807, 2.05) is 44.2 Å². The number of amides is 3. The quantitative estimate of drug-likeness (QED) is 0.366. The summed E-state index contributed by atoms with van der Waals surface area (Å²) in [5.74, 6) is -1.74. The first kappa shape index (κ1) is 29.0. The monoisotopic (exact) mass is 616 g/mol. The number of rotatable bonds is 6. The van der Waals surface area contributed by atoms with E-state index in [1.54, 1.807) is 26.0 Å². The number of ether oxygens (including phenoxy) is 2. The van der Waals surface area contributed by atoms with Gasteiger partial charge in [-0.1, -0.05) is 67.4 Å². The van der Waals surface area contributed by atoms with Gasteiger partial charge in [-0.05, 0) is 26.0 Å². The van der Waals surface area contributed by atoms with Crippen LogP contribution in [0.4, 0.5) is 10.5 Å². The number of halogens is 2. The van der Waals surface area contributed by atoms with E-state index in [-0.39, 0.29) is 28.1 Å². The minimum atomic E-state index is -1.05. The predicted molar refractivity (Wildman–Crippen MR) is 154 cm³/mol. The van der Waals surface area contributed by atoms with Crippen molar-refractivity contribution in [3.05, 3.63) is 68.0 Å². The van der Waals surface area contributed by atoms with Crippen LogP contribution in [-0.2, 0) is 24.5 Å². The van der Waals surface area contributed by atoms with Gasteiger partial charge < -0.3 is 9.47 Å². The summed E-state index contributed by atoms with van der Waals surface area (Å²) >= 11 is 14.6. The van der Waals surface area contributed by atoms with Crippen LogP contribution in [0.25, 0.3) is 11.3 Å². The fourth-order valence-corrected chi connectivity index (χ4v) is 6.68. The van der Waals surface area contributed by atoms with Crippen LogP contribution in [0.5, 0.6) is 0 Å². The first-order chi connectivity index (χ1) is 19.3. The molecule has 1 aromatic heterocycles. The molecule has 0 spiro atoms. The highest BCUT2D eigenvalue weighted by molar-refractivity contribution is 7.14. The first-order valence-corrected chi connectivity index (χ1v) is 14.2. The molecule has 10 nitrogen and oxygen atoms in total. The summed E-state index contributed by atoms with van der Waals surface area (Å²) < 4.78 is 10.8. The average Bonchev–Trinajstić information content (AvgIpc) is 3.46. The molecule has 5 rings (SSSR count). The Hall–Kier alpha value is -3.51. The van der Waals surface area contributed by atoms with Crippen LogP contribution in [0.3, 0.4) is 0 Å². The minimum absolute atomic E-state index is 0.0930. The molecular weight excluding hydrogens is 591 g/mol. The number of imide groups is 1. The molecule has 214 valence electrons. The molecule has 0 radical (unpaired) electrons. The number of carbonyl (C=O) groups excluding carboxylic acids is 4. The van der Waals surface area contributed by atoms with Crippen molar-refractivity contribution in [2.45, 2.75) is 39.2 Å². The van der Waals surface area contributed by atoms with Crippen molar-refractivity contribution in [1.82, 2.24) is 15.7 Å². The summed E-state index contributed by atoms with van der Waals surface area (Å²) in [6.45, 7) is 7.38. The maximum atomic E-state index is 13.5. The van der Waals surface area contributed by atoms with E-state index in [0.717, 1.165) is 16.3 Å². The zero-order valence-corrected chi connectivity index (χ0v) is 24.9. The topological polar surface area (TPSA) is 127 Å². The lowest BCUT2D eigenvalue weighted by molar-refractivity contribution is -0.145. The van der Waals surface area contributed by atoms with E-state index < -0.39 is 40.8 Å². The van der Waals surface area contributed by atoms with Gasteiger partial charge in [0, 0.05) is 32.0 Å². The molecule has 3 heterocycles. The highest BCUT2D eigenvalue weighted by Crippen LogP contribution is 2.45. The zero-order chi connectivity index (χ0) is 29.7. The fourth-order valence-electron chi connectivity index (χ4n) is 4.66. The molecule has 2 aliphatic heterocycles. The number of thiazole rings is 1. The molecule has 2 aromatic carbocycles. The van der Waals surface area contributed by atoms with Crippen LogP contribution >= 0.6 is 34.5 Å². The third-order valence-corrected chi connectivity index (χ3v) is 8.84. The second kappa shape index (κ2) is 10.7. The highest BCUT2D eigenvalue weighted by Gasteiger charge is 2.47. The van der Waals surface area contributed by atoms with Gasteiger partial charge in [0.1, 0.15) is 16.5 Å². The van der Waals surface area contributed by atoms with Crippen LogP contribution in [0.1, 0.15) is 47.9 Å². The molecule has 2 N–H and O–H groups in total. The molecule has 0 saturated carbocycles. The van der Waals surface area contributed by atoms with E-state index >= 15 is 0 Å². The van der Waals surface area contributed by atoms with E-state index in [2.05, 4.69) is 10.7 Å². The zero-order valence-electron chi connectivity index (χ0n) is 22.5. The normalized spacial score (nSPS) is 18.7. The van der Waals surface area contributed by atoms with E-state index in [9.17, 15) is 19.2 Å². The van der Waals surface area contributed by atoms with Gasteiger partial charge in [0.15, 0.2) is 0 Å². The molecule has 1 unspecified atom stereocenters. The molecule has 0 bridgehead atoms. The lowest BCUT2D eigenvalue weighted by Crippen LogP contribution is -2.59. The molecule has 41 heavy (non-hydrogen) atoms. The number of urea groups is 1. The average molecular weight is 618 g/mol. The number of esters is 2. The van der Waals surface area contributed by atoms with Gasteiger partial charge in [-0.2, -0.15) is 0 Å². The summed E-state index contributed by atoms with van der Waals surface area (Å²) in [6.07, 6.45) is -1.05. The fraction of sp³-hybridized carbons (Fsp3) is 0.321. The Bertz CT molecular complexity index is 1550. The summed E-state index contributed by atoms with van der Waals surface area (Å²) in [5, 5.41) is 4.39. The van der Waals surface area contributed by atoms with Crippen molar-refractivity contribution < 1.29 is 28.7 Å². The molecule has 2 aliphatic rings. The van der Waals surface area contributed by atoms with Gasteiger partial charge in [0.2, 0.25) is 12.0 Å². The van der Waals surface area contributed by atoms with Crippen LogP contribution in [0.2, 0.25) is 10.0 Å². The second-order valence-corrected chi connectivity index (χ2v) is 12.7. The van der Waals surface area contributed by atoms with Crippen molar-refractivity contribution >= 4 is 64.1 Å². The van der Waals surface area contributed by atoms with Crippen molar-refractivity contribution in [2.24, 2.45) is 5.41 Å². The Kier molecular flexibility index (Phi) is 7.58. The van der Waals surface area contributed by atoms with Crippen LogP contribution in [-0.4, -0.2) is 48.1 Å². The number of cyclic esters (lactones) is 1. The standard InChI is InChI=1S/C28H26Cl2N4O6S/c1-27(2)13-39-24(37)22(27)40-23(36)21-20(14-8-6-5-7-9-14)33-25(41-21)28(3,4)19-16(29)10-15(11-17(19)30)34-26(38)32-18(35)12-31-34/h5-11,22,31H,12-13H2,1-4H3,(H,32,35,38). The number of carbonyl (C=O) groups is 4. The van der Waals surface area contributed by atoms with Crippen LogP contribution in [0, 0.1) is 5.41 Å². The van der Waals surface area contributed by atoms with Crippen LogP contribution in [0.15, 0.2) is 42.5 Å². The molecular formula is C28H26Cl2N4O6S.